The Morgan fingerprint density at radius 2 is 1.77 bits per heavy atom. The highest BCUT2D eigenvalue weighted by molar-refractivity contribution is 7.80. The van der Waals surface area contributed by atoms with E-state index in [4.69, 9.17) is 23.8 Å². The highest BCUT2D eigenvalue weighted by Gasteiger charge is 2.08. The monoisotopic (exact) mass is 332 g/mol. The Bertz CT molecular complexity index is 584. The van der Waals surface area contributed by atoms with Crippen LogP contribution >= 0.6 is 23.8 Å². The van der Waals surface area contributed by atoms with Crippen molar-refractivity contribution in [3.63, 3.8) is 0 Å². The summed E-state index contributed by atoms with van der Waals surface area (Å²) in [5, 5.41) is 7.85. The Labute approximate surface area is 142 Å². The molecule has 1 atom stereocenters. The number of rotatable bonds is 6. The molecule has 2 aromatic rings. The number of hydrogen-bond donors (Lipinski definition) is 2. The summed E-state index contributed by atoms with van der Waals surface area (Å²) in [5.41, 5.74) is 2.31. The lowest BCUT2D eigenvalue weighted by Crippen LogP contribution is -2.33. The zero-order valence-corrected chi connectivity index (χ0v) is 14.3. The quantitative estimate of drug-likeness (QED) is 0.736. The summed E-state index contributed by atoms with van der Waals surface area (Å²) in [4.78, 5) is 0. The Kier molecular flexibility index (Phi) is 6.69. The van der Waals surface area contributed by atoms with Crippen LogP contribution in [0, 0.1) is 5.92 Å². The minimum atomic E-state index is 0.562. The third kappa shape index (κ3) is 5.66. The Morgan fingerprint density at radius 3 is 2.41 bits per heavy atom. The number of thiocarbonyl (C=S) groups is 1. The molecule has 0 aliphatic carbocycles. The highest BCUT2D eigenvalue weighted by Crippen LogP contribution is 2.14. The van der Waals surface area contributed by atoms with Crippen LogP contribution in [0.3, 0.4) is 0 Å². The van der Waals surface area contributed by atoms with E-state index in [1.54, 1.807) is 0 Å². The summed E-state index contributed by atoms with van der Waals surface area (Å²) < 4.78 is 0. The van der Waals surface area contributed by atoms with E-state index in [2.05, 4.69) is 41.8 Å². The van der Waals surface area contributed by atoms with Gasteiger partial charge in [-0.3, -0.25) is 0 Å². The molecule has 1 unspecified atom stereocenters. The fourth-order valence-electron chi connectivity index (χ4n) is 2.25. The molecule has 0 fully saturated rings. The van der Waals surface area contributed by atoms with Crippen LogP contribution in [0.1, 0.15) is 18.9 Å². The van der Waals surface area contributed by atoms with E-state index in [1.807, 2.05) is 30.3 Å². The largest absolute Gasteiger partial charge is 0.362 e. The van der Waals surface area contributed by atoms with Crippen molar-refractivity contribution in [2.45, 2.75) is 19.8 Å². The minimum Gasteiger partial charge on any atom is -0.362 e. The maximum atomic E-state index is 5.87. The van der Waals surface area contributed by atoms with Gasteiger partial charge >= 0.3 is 0 Å². The van der Waals surface area contributed by atoms with Crippen molar-refractivity contribution < 1.29 is 0 Å². The normalized spacial score (nSPS) is 11.7. The van der Waals surface area contributed by atoms with E-state index >= 15 is 0 Å². The SMILES string of the molecule is CCC(CNC(=S)Nc1ccc(Cl)cc1)Cc1ccccc1. The molecule has 0 saturated carbocycles. The zero-order valence-electron chi connectivity index (χ0n) is 12.7. The number of benzene rings is 2. The standard InChI is InChI=1S/C18H21ClN2S/c1-2-14(12-15-6-4-3-5-7-15)13-20-18(22)21-17-10-8-16(19)9-11-17/h3-11,14H,2,12-13H2,1H3,(H2,20,21,22). The summed E-state index contributed by atoms with van der Waals surface area (Å²) in [6.45, 7) is 3.08. The van der Waals surface area contributed by atoms with Crippen LogP contribution in [-0.4, -0.2) is 11.7 Å². The van der Waals surface area contributed by atoms with Crippen LogP contribution in [0.2, 0.25) is 5.02 Å². The van der Waals surface area contributed by atoms with Crippen molar-refractivity contribution in [3.8, 4) is 0 Å². The third-order valence-electron chi connectivity index (χ3n) is 3.60. The van der Waals surface area contributed by atoms with Gasteiger partial charge in [0.25, 0.3) is 0 Å². The predicted octanol–water partition coefficient (Wildman–Crippen LogP) is 4.90. The summed E-state index contributed by atoms with van der Waals surface area (Å²) >= 11 is 11.2. The first-order valence-corrected chi connectivity index (χ1v) is 8.30. The van der Waals surface area contributed by atoms with Crippen LogP contribution in [0.25, 0.3) is 0 Å². The van der Waals surface area contributed by atoms with Gasteiger partial charge in [0, 0.05) is 17.3 Å². The van der Waals surface area contributed by atoms with Crippen molar-refractivity contribution in [1.82, 2.24) is 5.32 Å². The van der Waals surface area contributed by atoms with E-state index in [-0.39, 0.29) is 0 Å². The fourth-order valence-corrected chi connectivity index (χ4v) is 2.58. The second-order valence-electron chi connectivity index (χ2n) is 5.31. The first-order valence-electron chi connectivity index (χ1n) is 7.51. The first-order chi connectivity index (χ1) is 10.7. The molecule has 0 heterocycles. The highest BCUT2D eigenvalue weighted by atomic mass is 35.5. The average molecular weight is 333 g/mol. The van der Waals surface area contributed by atoms with Gasteiger partial charge in [0.2, 0.25) is 0 Å². The summed E-state index contributed by atoms with van der Waals surface area (Å²) in [7, 11) is 0. The van der Waals surface area contributed by atoms with Gasteiger partial charge in [0.05, 0.1) is 0 Å². The van der Waals surface area contributed by atoms with Gasteiger partial charge in [-0.1, -0.05) is 55.3 Å². The zero-order chi connectivity index (χ0) is 15.8. The first kappa shape index (κ1) is 16.8. The molecule has 2 N–H and O–H groups in total. The summed E-state index contributed by atoms with van der Waals surface area (Å²) in [5.74, 6) is 0.562. The molecule has 0 saturated heterocycles. The van der Waals surface area contributed by atoms with Gasteiger partial charge in [-0.15, -0.1) is 0 Å². The number of nitrogens with one attached hydrogen (secondary N) is 2. The molecule has 4 heteroatoms. The molecular weight excluding hydrogens is 312 g/mol. The molecule has 22 heavy (non-hydrogen) atoms. The van der Waals surface area contributed by atoms with E-state index in [0.29, 0.717) is 11.0 Å². The van der Waals surface area contributed by atoms with E-state index in [1.165, 1.54) is 5.56 Å². The van der Waals surface area contributed by atoms with Crippen molar-refractivity contribution in [1.29, 1.82) is 0 Å². The van der Waals surface area contributed by atoms with Gasteiger partial charge in [-0.05, 0) is 54.4 Å². The Morgan fingerprint density at radius 1 is 1.09 bits per heavy atom. The van der Waals surface area contributed by atoms with Crippen LogP contribution in [0.5, 0.6) is 0 Å². The molecule has 0 aliphatic heterocycles. The second kappa shape index (κ2) is 8.76. The van der Waals surface area contributed by atoms with E-state index in [9.17, 15) is 0 Å². The van der Waals surface area contributed by atoms with Gasteiger partial charge in [-0.2, -0.15) is 0 Å². The molecule has 0 radical (unpaired) electrons. The lowest BCUT2D eigenvalue weighted by Gasteiger charge is -2.17. The third-order valence-corrected chi connectivity index (χ3v) is 4.10. The molecule has 0 aromatic heterocycles. The van der Waals surface area contributed by atoms with Crippen LogP contribution in [-0.2, 0) is 6.42 Å². The average Bonchev–Trinajstić information content (AvgIpc) is 2.54. The number of hydrogen-bond acceptors (Lipinski definition) is 1. The van der Waals surface area contributed by atoms with Gasteiger partial charge < -0.3 is 10.6 Å². The molecule has 0 bridgehead atoms. The molecule has 0 spiro atoms. The summed E-state index contributed by atoms with van der Waals surface area (Å²) in [6, 6.07) is 18.1. The maximum Gasteiger partial charge on any atom is 0.170 e. The summed E-state index contributed by atoms with van der Waals surface area (Å²) in [6.07, 6.45) is 2.18. The topological polar surface area (TPSA) is 24.1 Å². The van der Waals surface area contributed by atoms with Crippen LogP contribution in [0.15, 0.2) is 54.6 Å². The van der Waals surface area contributed by atoms with E-state index in [0.717, 1.165) is 30.1 Å². The lowest BCUT2D eigenvalue weighted by molar-refractivity contribution is 0.498. The smallest absolute Gasteiger partial charge is 0.170 e. The van der Waals surface area contributed by atoms with Crippen molar-refractivity contribution >= 4 is 34.6 Å². The van der Waals surface area contributed by atoms with E-state index < -0.39 is 0 Å². The molecule has 2 rings (SSSR count). The van der Waals surface area contributed by atoms with Crippen molar-refractivity contribution in [2.24, 2.45) is 5.92 Å². The van der Waals surface area contributed by atoms with Gasteiger partial charge in [0.1, 0.15) is 0 Å². The van der Waals surface area contributed by atoms with Crippen molar-refractivity contribution in [3.05, 3.63) is 65.2 Å². The molecular formula is C18H21ClN2S. The minimum absolute atomic E-state index is 0.562. The van der Waals surface area contributed by atoms with Crippen LogP contribution < -0.4 is 10.6 Å². The fraction of sp³-hybridized carbons (Fsp3) is 0.278. The predicted molar refractivity (Wildman–Crippen MR) is 99.6 cm³/mol. The molecule has 2 aromatic carbocycles. The lowest BCUT2D eigenvalue weighted by atomic mass is 9.97. The Balaban J connectivity index is 1.79. The van der Waals surface area contributed by atoms with Crippen LogP contribution in [0.4, 0.5) is 5.69 Å². The van der Waals surface area contributed by atoms with Crippen molar-refractivity contribution in [2.75, 3.05) is 11.9 Å². The second-order valence-corrected chi connectivity index (χ2v) is 6.15. The molecule has 116 valence electrons. The molecule has 0 aliphatic rings. The number of anilines is 1. The molecule has 2 nitrogen and oxygen atoms in total. The Hall–Kier alpha value is -1.58. The van der Waals surface area contributed by atoms with Gasteiger partial charge in [-0.25, -0.2) is 0 Å². The van der Waals surface area contributed by atoms with Gasteiger partial charge in [0.15, 0.2) is 5.11 Å². The number of halogens is 1. The maximum absolute atomic E-state index is 5.87. The molecule has 0 amide bonds.